The van der Waals surface area contributed by atoms with Crippen molar-refractivity contribution >= 4 is 12.0 Å². The molecule has 0 aliphatic heterocycles. The van der Waals surface area contributed by atoms with E-state index in [1.165, 1.54) is 5.01 Å². The molecule has 3 N–H and O–H groups in total. The number of hydrogen-bond donors (Lipinski definition) is 2. The summed E-state index contributed by atoms with van der Waals surface area (Å²) in [6, 6.07) is 8.99. The van der Waals surface area contributed by atoms with E-state index in [1.54, 1.807) is 14.1 Å². The highest BCUT2D eigenvalue weighted by Gasteiger charge is 2.29. The van der Waals surface area contributed by atoms with Crippen LogP contribution >= 0.6 is 0 Å². The first-order valence-corrected chi connectivity index (χ1v) is 6.46. The molecule has 110 valence electrons. The first-order chi connectivity index (χ1) is 9.43. The molecule has 6 nitrogen and oxygen atoms in total. The Labute approximate surface area is 118 Å². The fourth-order valence-electron chi connectivity index (χ4n) is 2.11. The van der Waals surface area contributed by atoms with Crippen molar-refractivity contribution in [1.82, 2.24) is 10.0 Å². The van der Waals surface area contributed by atoms with E-state index in [4.69, 9.17) is 10.8 Å². The van der Waals surface area contributed by atoms with Crippen LogP contribution < -0.4 is 5.73 Å². The zero-order valence-corrected chi connectivity index (χ0v) is 11.8. The molecule has 1 atom stereocenters. The van der Waals surface area contributed by atoms with Crippen LogP contribution in [0.15, 0.2) is 30.3 Å². The molecule has 1 aromatic carbocycles. The fourth-order valence-corrected chi connectivity index (χ4v) is 2.11. The normalized spacial score (nSPS) is 12.2. The Kier molecular flexibility index (Phi) is 5.99. The van der Waals surface area contributed by atoms with Crippen LogP contribution in [0.5, 0.6) is 0 Å². The molecule has 0 saturated carbocycles. The van der Waals surface area contributed by atoms with Crippen molar-refractivity contribution in [3.63, 3.8) is 0 Å². The summed E-state index contributed by atoms with van der Waals surface area (Å²) in [6.07, 6.45) is 0.689. The lowest BCUT2D eigenvalue weighted by atomic mass is 10.0. The highest BCUT2D eigenvalue weighted by atomic mass is 16.4. The third kappa shape index (κ3) is 4.55. The highest BCUT2D eigenvalue weighted by Crippen LogP contribution is 2.12. The summed E-state index contributed by atoms with van der Waals surface area (Å²) in [4.78, 5) is 22.7. The van der Waals surface area contributed by atoms with Gasteiger partial charge in [-0.1, -0.05) is 30.3 Å². The van der Waals surface area contributed by atoms with Crippen molar-refractivity contribution in [3.8, 4) is 0 Å². The van der Waals surface area contributed by atoms with Crippen molar-refractivity contribution in [2.75, 3.05) is 14.1 Å². The Morgan fingerprint density at radius 1 is 1.25 bits per heavy atom. The molecule has 0 aliphatic carbocycles. The SMILES string of the molecule is CN(C)N(C(=O)O)C(CCCc1ccccc1)C(N)=O. The second-order valence-corrected chi connectivity index (χ2v) is 4.77. The van der Waals surface area contributed by atoms with Gasteiger partial charge in [0.1, 0.15) is 6.04 Å². The van der Waals surface area contributed by atoms with Crippen LogP contribution in [0, 0.1) is 0 Å². The molecule has 2 amide bonds. The number of benzene rings is 1. The van der Waals surface area contributed by atoms with Crippen LogP contribution in [0.2, 0.25) is 0 Å². The lowest BCUT2D eigenvalue weighted by molar-refractivity contribution is -0.128. The molecule has 20 heavy (non-hydrogen) atoms. The van der Waals surface area contributed by atoms with E-state index >= 15 is 0 Å². The van der Waals surface area contributed by atoms with E-state index < -0.39 is 18.0 Å². The average Bonchev–Trinajstić information content (AvgIpc) is 2.37. The maximum atomic E-state index is 11.5. The minimum atomic E-state index is -1.18. The standard InChI is InChI=1S/C14H21N3O3/c1-16(2)17(14(19)20)12(13(15)18)10-6-9-11-7-4-3-5-8-11/h3-5,7-8,12H,6,9-10H2,1-2H3,(H2,15,18)(H,19,20). The smallest absolute Gasteiger partial charge is 0.422 e. The second kappa shape index (κ2) is 7.49. The number of carboxylic acid groups (broad SMARTS) is 1. The number of rotatable bonds is 7. The van der Waals surface area contributed by atoms with Crippen molar-refractivity contribution in [1.29, 1.82) is 0 Å². The minimum Gasteiger partial charge on any atom is -0.464 e. The number of amides is 2. The van der Waals surface area contributed by atoms with Gasteiger partial charge < -0.3 is 10.8 Å². The topological polar surface area (TPSA) is 86.9 Å². The molecule has 1 rings (SSSR count). The lowest BCUT2D eigenvalue weighted by Gasteiger charge is -2.32. The van der Waals surface area contributed by atoms with Crippen LogP contribution in [-0.4, -0.2) is 47.3 Å². The Balaban J connectivity index is 2.63. The first kappa shape index (κ1) is 16.0. The molecule has 0 aromatic heterocycles. The molecule has 0 bridgehead atoms. The molecule has 0 radical (unpaired) electrons. The van der Waals surface area contributed by atoms with E-state index in [0.29, 0.717) is 12.8 Å². The number of primary amides is 1. The van der Waals surface area contributed by atoms with Crippen molar-refractivity contribution in [3.05, 3.63) is 35.9 Å². The number of hydrazine groups is 1. The number of aryl methyl sites for hydroxylation is 1. The maximum Gasteiger partial charge on any atom is 0.422 e. The number of nitrogens with two attached hydrogens (primary N) is 1. The van der Waals surface area contributed by atoms with Gasteiger partial charge in [0.15, 0.2) is 0 Å². The monoisotopic (exact) mass is 279 g/mol. The molecule has 0 aliphatic rings. The summed E-state index contributed by atoms with van der Waals surface area (Å²) in [6.45, 7) is 0. The van der Waals surface area contributed by atoms with Crippen LogP contribution in [-0.2, 0) is 11.2 Å². The van der Waals surface area contributed by atoms with Gasteiger partial charge in [-0.2, -0.15) is 0 Å². The molecule has 0 fully saturated rings. The first-order valence-electron chi connectivity index (χ1n) is 6.46. The molecule has 0 heterocycles. The van der Waals surface area contributed by atoms with E-state index in [0.717, 1.165) is 17.0 Å². The Morgan fingerprint density at radius 3 is 2.30 bits per heavy atom. The summed E-state index contributed by atoms with van der Waals surface area (Å²) >= 11 is 0. The van der Waals surface area contributed by atoms with Gasteiger partial charge in [-0.15, -0.1) is 0 Å². The molecule has 0 spiro atoms. The predicted octanol–water partition coefficient (Wildman–Crippen LogP) is 1.32. The third-order valence-corrected chi connectivity index (χ3v) is 3.04. The third-order valence-electron chi connectivity index (χ3n) is 3.04. The van der Waals surface area contributed by atoms with E-state index in [-0.39, 0.29) is 0 Å². The summed E-state index contributed by atoms with van der Waals surface area (Å²) in [5.41, 5.74) is 6.48. The van der Waals surface area contributed by atoms with Gasteiger partial charge in [-0.3, -0.25) is 4.79 Å². The predicted molar refractivity (Wildman–Crippen MR) is 75.9 cm³/mol. The Hall–Kier alpha value is -2.08. The van der Waals surface area contributed by atoms with Gasteiger partial charge in [0.05, 0.1) is 0 Å². The molecule has 1 aromatic rings. The van der Waals surface area contributed by atoms with E-state index in [2.05, 4.69) is 0 Å². The van der Waals surface area contributed by atoms with Crippen molar-refractivity contribution in [2.45, 2.75) is 25.3 Å². The molecular weight excluding hydrogens is 258 g/mol. The maximum absolute atomic E-state index is 11.5. The summed E-state index contributed by atoms with van der Waals surface area (Å²) in [7, 11) is 3.14. The van der Waals surface area contributed by atoms with Gasteiger partial charge in [0.2, 0.25) is 5.91 Å². The minimum absolute atomic E-state index is 0.398. The largest absolute Gasteiger partial charge is 0.464 e. The Bertz CT molecular complexity index is 448. The molecular formula is C14H21N3O3. The summed E-state index contributed by atoms with van der Waals surface area (Å²) < 4.78 is 0. The lowest BCUT2D eigenvalue weighted by Crippen LogP contribution is -2.53. The molecule has 6 heteroatoms. The zero-order valence-electron chi connectivity index (χ0n) is 11.8. The zero-order chi connectivity index (χ0) is 15.1. The number of carbonyl (C=O) groups is 2. The molecule has 1 unspecified atom stereocenters. The van der Waals surface area contributed by atoms with Crippen LogP contribution in [0.3, 0.4) is 0 Å². The van der Waals surface area contributed by atoms with Crippen LogP contribution in [0.25, 0.3) is 0 Å². The highest BCUT2D eigenvalue weighted by molar-refractivity contribution is 5.83. The number of carbonyl (C=O) groups excluding carboxylic acids is 1. The van der Waals surface area contributed by atoms with E-state index in [9.17, 15) is 9.59 Å². The second-order valence-electron chi connectivity index (χ2n) is 4.77. The summed E-state index contributed by atoms with van der Waals surface area (Å²) in [5.74, 6) is -0.630. The number of nitrogens with zero attached hydrogens (tertiary/aromatic N) is 2. The van der Waals surface area contributed by atoms with Gasteiger partial charge in [0, 0.05) is 14.1 Å². The van der Waals surface area contributed by atoms with Gasteiger partial charge in [0.25, 0.3) is 0 Å². The van der Waals surface area contributed by atoms with Gasteiger partial charge in [-0.05, 0) is 24.8 Å². The Morgan fingerprint density at radius 2 is 1.85 bits per heavy atom. The quantitative estimate of drug-likeness (QED) is 0.737. The van der Waals surface area contributed by atoms with Gasteiger partial charge >= 0.3 is 6.09 Å². The van der Waals surface area contributed by atoms with E-state index in [1.807, 2.05) is 30.3 Å². The van der Waals surface area contributed by atoms with Crippen molar-refractivity contribution in [2.24, 2.45) is 5.73 Å². The van der Waals surface area contributed by atoms with Gasteiger partial charge in [-0.25, -0.2) is 14.8 Å². The van der Waals surface area contributed by atoms with Crippen LogP contribution in [0.4, 0.5) is 4.79 Å². The summed E-state index contributed by atoms with van der Waals surface area (Å²) in [5, 5.41) is 11.5. The van der Waals surface area contributed by atoms with Crippen LogP contribution in [0.1, 0.15) is 18.4 Å². The number of hydrogen-bond acceptors (Lipinski definition) is 3. The van der Waals surface area contributed by atoms with Crippen molar-refractivity contribution < 1.29 is 14.7 Å². The molecule has 0 saturated heterocycles. The fraction of sp³-hybridized carbons (Fsp3) is 0.429. The average molecular weight is 279 g/mol.